The Morgan fingerprint density at radius 1 is 1.10 bits per heavy atom. The van der Waals surface area contributed by atoms with Crippen LogP contribution in [0.3, 0.4) is 0 Å². The number of hydrogen-bond donors (Lipinski definition) is 1. The molecule has 2 aromatic rings. The molecule has 2 heterocycles. The lowest BCUT2D eigenvalue weighted by atomic mass is 10.2. The van der Waals surface area contributed by atoms with Gasteiger partial charge >= 0.3 is 0 Å². The number of carbonyl (C=O) groups is 1. The molecule has 4 heteroatoms. The molecule has 0 aliphatic heterocycles. The van der Waals surface area contributed by atoms with Crippen LogP contribution in [0.2, 0.25) is 0 Å². The summed E-state index contributed by atoms with van der Waals surface area (Å²) >= 11 is 0. The maximum absolute atomic E-state index is 11.7. The van der Waals surface area contributed by atoms with Crippen molar-refractivity contribution in [3.63, 3.8) is 0 Å². The van der Waals surface area contributed by atoms with E-state index >= 15 is 0 Å². The van der Waals surface area contributed by atoms with E-state index in [0.717, 1.165) is 24.9 Å². The first-order valence-electron chi connectivity index (χ1n) is 6.94. The molecule has 104 valence electrons. The Kier molecular flexibility index (Phi) is 5.71. The second-order valence-electron chi connectivity index (χ2n) is 4.70. The molecular weight excluding hydrogens is 250 g/mol. The molecule has 2 aromatic heterocycles. The summed E-state index contributed by atoms with van der Waals surface area (Å²) in [7, 11) is 0. The van der Waals surface area contributed by atoms with Crippen molar-refractivity contribution in [3.05, 3.63) is 60.7 Å². The molecule has 2 rings (SSSR count). The van der Waals surface area contributed by atoms with Gasteiger partial charge in [0.2, 0.25) is 5.91 Å². The van der Waals surface area contributed by atoms with Gasteiger partial charge in [0.1, 0.15) is 6.54 Å². The molecule has 0 unspecified atom stereocenters. The van der Waals surface area contributed by atoms with Crippen molar-refractivity contribution < 1.29 is 9.36 Å². The lowest BCUT2D eigenvalue weighted by Gasteiger charge is -2.04. The number of nitrogens with one attached hydrogen (secondary N) is 1. The van der Waals surface area contributed by atoms with Crippen molar-refractivity contribution in [2.24, 2.45) is 0 Å². The van der Waals surface area contributed by atoms with E-state index in [4.69, 9.17) is 0 Å². The maximum Gasteiger partial charge on any atom is 0.220 e. The third kappa shape index (κ3) is 5.18. The molecular formula is C16H20N3O+. The van der Waals surface area contributed by atoms with Crippen LogP contribution < -0.4 is 9.88 Å². The van der Waals surface area contributed by atoms with Gasteiger partial charge in [0.05, 0.1) is 0 Å². The van der Waals surface area contributed by atoms with Crippen molar-refractivity contribution in [3.8, 4) is 0 Å². The standard InChI is InChI=1S/C16H19N3O/c20-16(18-14-15-7-9-17-10-8-15)6-2-5-13-19-11-3-1-4-12-19/h1,3-4,7-12H,2,5-6,13-14H2/p+1. The highest BCUT2D eigenvalue weighted by Crippen LogP contribution is 1.98. The van der Waals surface area contributed by atoms with Gasteiger partial charge in [-0.2, -0.15) is 0 Å². The third-order valence-electron chi connectivity index (χ3n) is 3.09. The van der Waals surface area contributed by atoms with E-state index in [0.29, 0.717) is 13.0 Å². The molecule has 0 aliphatic carbocycles. The van der Waals surface area contributed by atoms with Crippen molar-refractivity contribution in [1.29, 1.82) is 0 Å². The summed E-state index contributed by atoms with van der Waals surface area (Å²) < 4.78 is 2.13. The van der Waals surface area contributed by atoms with Gasteiger partial charge < -0.3 is 5.32 Å². The predicted octanol–water partition coefficient (Wildman–Crippen LogP) is 1.86. The topological polar surface area (TPSA) is 45.9 Å². The van der Waals surface area contributed by atoms with Crippen molar-refractivity contribution >= 4 is 5.91 Å². The molecule has 0 aromatic carbocycles. The Balaban J connectivity index is 1.59. The van der Waals surface area contributed by atoms with Crippen LogP contribution in [0.25, 0.3) is 0 Å². The molecule has 0 atom stereocenters. The number of aryl methyl sites for hydroxylation is 1. The Morgan fingerprint density at radius 3 is 2.60 bits per heavy atom. The normalized spacial score (nSPS) is 10.2. The van der Waals surface area contributed by atoms with Crippen LogP contribution in [0, 0.1) is 0 Å². The van der Waals surface area contributed by atoms with Crippen LogP contribution in [-0.4, -0.2) is 10.9 Å². The van der Waals surface area contributed by atoms with E-state index in [1.54, 1.807) is 12.4 Å². The first-order chi connectivity index (χ1) is 9.84. The average molecular weight is 270 g/mol. The minimum Gasteiger partial charge on any atom is -0.352 e. The monoisotopic (exact) mass is 270 g/mol. The summed E-state index contributed by atoms with van der Waals surface area (Å²) in [4.78, 5) is 15.6. The summed E-state index contributed by atoms with van der Waals surface area (Å²) in [5.41, 5.74) is 1.08. The largest absolute Gasteiger partial charge is 0.352 e. The summed E-state index contributed by atoms with van der Waals surface area (Å²) in [6.45, 7) is 1.53. The number of aromatic nitrogens is 2. The number of amides is 1. The van der Waals surface area contributed by atoms with E-state index < -0.39 is 0 Å². The van der Waals surface area contributed by atoms with Crippen LogP contribution in [0.1, 0.15) is 24.8 Å². The van der Waals surface area contributed by atoms with E-state index in [9.17, 15) is 4.79 Å². The van der Waals surface area contributed by atoms with E-state index in [-0.39, 0.29) is 5.91 Å². The SMILES string of the molecule is O=C(CCCC[n+]1ccccc1)NCc1ccncc1. The first-order valence-corrected chi connectivity index (χ1v) is 6.94. The minimum absolute atomic E-state index is 0.111. The van der Waals surface area contributed by atoms with Crippen LogP contribution in [0.4, 0.5) is 0 Å². The molecule has 1 N–H and O–H groups in total. The van der Waals surface area contributed by atoms with Gasteiger partial charge in [-0.3, -0.25) is 9.78 Å². The van der Waals surface area contributed by atoms with Crippen LogP contribution in [0.5, 0.6) is 0 Å². The second kappa shape index (κ2) is 8.04. The van der Waals surface area contributed by atoms with Gasteiger partial charge in [-0.15, -0.1) is 0 Å². The second-order valence-corrected chi connectivity index (χ2v) is 4.70. The number of rotatable bonds is 7. The fourth-order valence-corrected chi connectivity index (χ4v) is 1.95. The predicted molar refractivity (Wildman–Crippen MR) is 76.6 cm³/mol. The highest BCUT2D eigenvalue weighted by Gasteiger charge is 2.03. The van der Waals surface area contributed by atoms with Gasteiger partial charge in [0.15, 0.2) is 12.4 Å². The summed E-state index contributed by atoms with van der Waals surface area (Å²) in [5, 5.41) is 2.92. The van der Waals surface area contributed by atoms with Crippen LogP contribution in [0.15, 0.2) is 55.1 Å². The number of nitrogens with zero attached hydrogens (tertiary/aromatic N) is 2. The fourth-order valence-electron chi connectivity index (χ4n) is 1.95. The quantitative estimate of drug-likeness (QED) is 0.616. The lowest BCUT2D eigenvalue weighted by Crippen LogP contribution is -2.32. The zero-order valence-corrected chi connectivity index (χ0v) is 11.5. The molecule has 4 nitrogen and oxygen atoms in total. The first kappa shape index (κ1) is 14.2. The van der Waals surface area contributed by atoms with Crippen molar-refractivity contribution in [2.75, 3.05) is 0 Å². The number of pyridine rings is 2. The fraction of sp³-hybridized carbons (Fsp3) is 0.312. The maximum atomic E-state index is 11.7. The van der Waals surface area contributed by atoms with Gasteiger partial charge in [-0.1, -0.05) is 6.07 Å². The number of unbranched alkanes of at least 4 members (excludes halogenated alkanes) is 1. The van der Waals surface area contributed by atoms with Crippen LogP contribution in [-0.2, 0) is 17.9 Å². The van der Waals surface area contributed by atoms with Crippen molar-refractivity contribution in [2.45, 2.75) is 32.4 Å². The zero-order chi connectivity index (χ0) is 14.0. The Labute approximate surface area is 119 Å². The average Bonchev–Trinajstić information content (AvgIpc) is 2.52. The lowest BCUT2D eigenvalue weighted by molar-refractivity contribution is -0.697. The molecule has 0 saturated heterocycles. The van der Waals surface area contributed by atoms with Crippen LogP contribution >= 0.6 is 0 Å². The molecule has 20 heavy (non-hydrogen) atoms. The Morgan fingerprint density at radius 2 is 1.85 bits per heavy atom. The smallest absolute Gasteiger partial charge is 0.220 e. The molecule has 0 bridgehead atoms. The van der Waals surface area contributed by atoms with E-state index in [1.807, 2.05) is 42.7 Å². The van der Waals surface area contributed by atoms with Gasteiger partial charge in [-0.05, 0) is 24.1 Å². The van der Waals surface area contributed by atoms with Crippen molar-refractivity contribution in [1.82, 2.24) is 10.3 Å². The summed E-state index contributed by atoms with van der Waals surface area (Å²) in [5.74, 6) is 0.111. The summed E-state index contributed by atoms with van der Waals surface area (Å²) in [6, 6.07) is 9.85. The summed E-state index contributed by atoms with van der Waals surface area (Å²) in [6.07, 6.45) is 10.1. The van der Waals surface area contributed by atoms with E-state index in [2.05, 4.69) is 14.9 Å². The Bertz CT molecular complexity index is 514. The van der Waals surface area contributed by atoms with E-state index in [1.165, 1.54) is 0 Å². The zero-order valence-electron chi connectivity index (χ0n) is 11.5. The molecule has 1 amide bonds. The van der Waals surface area contributed by atoms with Gasteiger partial charge in [0.25, 0.3) is 0 Å². The molecule has 0 aliphatic rings. The number of carbonyl (C=O) groups excluding carboxylic acids is 1. The molecule has 0 fully saturated rings. The highest BCUT2D eigenvalue weighted by molar-refractivity contribution is 5.75. The van der Waals surface area contributed by atoms with Gasteiger partial charge in [0, 0.05) is 43.9 Å². The molecule has 0 saturated carbocycles. The van der Waals surface area contributed by atoms with Gasteiger partial charge in [-0.25, -0.2) is 4.57 Å². The Hall–Kier alpha value is -2.23. The minimum atomic E-state index is 0.111. The third-order valence-corrected chi connectivity index (χ3v) is 3.09. The molecule has 0 radical (unpaired) electrons. The highest BCUT2D eigenvalue weighted by atomic mass is 16.1. The number of hydrogen-bond acceptors (Lipinski definition) is 2. The molecule has 0 spiro atoms.